The van der Waals surface area contributed by atoms with Crippen molar-refractivity contribution in [1.29, 1.82) is 0 Å². The number of nitrogens with zero attached hydrogens (tertiary/aromatic N) is 2. The fourth-order valence-electron chi connectivity index (χ4n) is 2.80. The molecular formula is C15H22FN3O2. The van der Waals surface area contributed by atoms with Crippen LogP contribution in [0.2, 0.25) is 0 Å². The molecule has 0 saturated carbocycles. The zero-order valence-corrected chi connectivity index (χ0v) is 12.3. The number of nitrogens with one attached hydrogen (secondary N) is 1. The van der Waals surface area contributed by atoms with Gasteiger partial charge in [0.15, 0.2) is 0 Å². The normalized spacial score (nSPS) is 18.9. The van der Waals surface area contributed by atoms with Gasteiger partial charge < -0.3 is 5.32 Å². The molecule has 1 atom stereocenters. The highest BCUT2D eigenvalue weighted by atomic mass is 19.1. The van der Waals surface area contributed by atoms with E-state index in [4.69, 9.17) is 0 Å². The molecule has 0 bridgehead atoms. The Kier molecular flexibility index (Phi) is 5.64. The maximum Gasteiger partial charge on any atom is 0.274 e. The van der Waals surface area contributed by atoms with Crippen LogP contribution in [0, 0.1) is 15.9 Å². The van der Waals surface area contributed by atoms with Gasteiger partial charge in [-0.1, -0.05) is 13.3 Å². The SMILES string of the molecule is CCN(Cc1cc(F)ccc1[N+](=O)[O-])CC1CCCCN1. The maximum absolute atomic E-state index is 13.4. The van der Waals surface area contributed by atoms with Crippen LogP contribution in [0.25, 0.3) is 0 Å². The number of benzene rings is 1. The third-order valence-electron chi connectivity index (χ3n) is 3.97. The van der Waals surface area contributed by atoms with Crippen molar-refractivity contribution >= 4 is 5.69 Å². The Balaban J connectivity index is 2.06. The summed E-state index contributed by atoms with van der Waals surface area (Å²) in [5, 5.41) is 14.5. The van der Waals surface area contributed by atoms with Crippen molar-refractivity contribution in [2.45, 2.75) is 38.8 Å². The van der Waals surface area contributed by atoms with Gasteiger partial charge in [0.2, 0.25) is 0 Å². The number of hydrogen-bond donors (Lipinski definition) is 1. The smallest absolute Gasteiger partial charge is 0.274 e. The summed E-state index contributed by atoms with van der Waals surface area (Å²) < 4.78 is 13.4. The van der Waals surface area contributed by atoms with Gasteiger partial charge in [-0.3, -0.25) is 15.0 Å². The predicted octanol–water partition coefficient (Wildman–Crippen LogP) is 2.70. The van der Waals surface area contributed by atoms with Crippen molar-refractivity contribution in [2.24, 2.45) is 0 Å². The Labute approximate surface area is 124 Å². The summed E-state index contributed by atoms with van der Waals surface area (Å²) in [5.41, 5.74) is 0.434. The minimum atomic E-state index is -0.443. The van der Waals surface area contributed by atoms with Crippen LogP contribution in [0.1, 0.15) is 31.7 Å². The Morgan fingerprint density at radius 1 is 1.48 bits per heavy atom. The number of nitro benzene ring substituents is 1. The van der Waals surface area contributed by atoms with Crippen LogP contribution in [0.4, 0.5) is 10.1 Å². The van der Waals surface area contributed by atoms with Crippen LogP contribution in [-0.2, 0) is 6.54 Å². The van der Waals surface area contributed by atoms with Gasteiger partial charge in [-0.25, -0.2) is 4.39 Å². The molecule has 0 amide bonds. The van der Waals surface area contributed by atoms with Crippen molar-refractivity contribution in [3.05, 3.63) is 39.7 Å². The van der Waals surface area contributed by atoms with E-state index < -0.39 is 10.7 Å². The van der Waals surface area contributed by atoms with Gasteiger partial charge in [0.1, 0.15) is 5.82 Å². The summed E-state index contributed by atoms with van der Waals surface area (Å²) in [6.07, 6.45) is 3.55. The lowest BCUT2D eigenvalue weighted by Gasteiger charge is -2.29. The number of nitro groups is 1. The number of hydrogen-bond acceptors (Lipinski definition) is 4. The molecule has 1 saturated heterocycles. The fourth-order valence-corrected chi connectivity index (χ4v) is 2.80. The van der Waals surface area contributed by atoms with Crippen molar-refractivity contribution in [3.8, 4) is 0 Å². The number of halogens is 1. The monoisotopic (exact) mass is 295 g/mol. The summed E-state index contributed by atoms with van der Waals surface area (Å²) in [6, 6.07) is 4.08. The van der Waals surface area contributed by atoms with E-state index in [2.05, 4.69) is 10.2 Å². The number of likely N-dealkylation sites (N-methyl/N-ethyl adjacent to an activating group) is 1. The minimum absolute atomic E-state index is 0.00791. The Morgan fingerprint density at radius 2 is 2.29 bits per heavy atom. The van der Waals surface area contributed by atoms with E-state index in [1.807, 2.05) is 6.92 Å². The van der Waals surface area contributed by atoms with Gasteiger partial charge in [0.05, 0.1) is 4.92 Å². The molecule has 0 aromatic heterocycles. The molecule has 5 nitrogen and oxygen atoms in total. The van der Waals surface area contributed by atoms with Crippen LogP contribution in [0.15, 0.2) is 18.2 Å². The van der Waals surface area contributed by atoms with E-state index in [0.717, 1.165) is 32.1 Å². The van der Waals surface area contributed by atoms with Gasteiger partial charge in [0.25, 0.3) is 5.69 Å². The topological polar surface area (TPSA) is 58.4 Å². The van der Waals surface area contributed by atoms with Crippen molar-refractivity contribution in [1.82, 2.24) is 10.2 Å². The molecule has 1 N–H and O–H groups in total. The standard InChI is InChI=1S/C15H22FN3O2/c1-2-18(11-14-5-3-4-8-17-14)10-12-9-13(16)6-7-15(12)19(20)21/h6-7,9,14,17H,2-5,8,10-11H2,1H3. The Morgan fingerprint density at radius 3 is 2.90 bits per heavy atom. The third-order valence-corrected chi connectivity index (χ3v) is 3.97. The second-order valence-corrected chi connectivity index (χ2v) is 5.50. The highest BCUT2D eigenvalue weighted by Crippen LogP contribution is 2.21. The molecule has 1 aromatic carbocycles. The Bertz CT molecular complexity index is 490. The molecule has 1 heterocycles. The number of piperidine rings is 1. The van der Waals surface area contributed by atoms with Crippen LogP contribution in [0.5, 0.6) is 0 Å². The van der Waals surface area contributed by atoms with Gasteiger partial charge >= 0.3 is 0 Å². The summed E-state index contributed by atoms with van der Waals surface area (Å²) in [6.45, 7) is 5.08. The average molecular weight is 295 g/mol. The fraction of sp³-hybridized carbons (Fsp3) is 0.600. The first kappa shape index (κ1) is 15.9. The zero-order valence-electron chi connectivity index (χ0n) is 12.3. The molecule has 0 aliphatic carbocycles. The molecule has 21 heavy (non-hydrogen) atoms. The lowest BCUT2D eigenvalue weighted by atomic mass is 10.0. The molecule has 1 aliphatic rings. The third kappa shape index (κ3) is 4.47. The quantitative estimate of drug-likeness (QED) is 0.647. The van der Waals surface area contributed by atoms with Crippen molar-refractivity contribution < 1.29 is 9.31 Å². The molecule has 2 rings (SSSR count). The van der Waals surface area contributed by atoms with Gasteiger partial charge in [0, 0.05) is 30.8 Å². The van der Waals surface area contributed by atoms with Crippen molar-refractivity contribution in [3.63, 3.8) is 0 Å². The first-order valence-corrected chi connectivity index (χ1v) is 7.48. The van der Waals surface area contributed by atoms with E-state index in [0.29, 0.717) is 18.2 Å². The molecular weight excluding hydrogens is 273 g/mol. The zero-order chi connectivity index (χ0) is 15.2. The summed E-state index contributed by atoms with van der Waals surface area (Å²) in [4.78, 5) is 12.7. The van der Waals surface area contributed by atoms with Crippen LogP contribution >= 0.6 is 0 Å². The van der Waals surface area contributed by atoms with Crippen LogP contribution < -0.4 is 5.32 Å². The molecule has 1 aromatic rings. The number of rotatable bonds is 6. The van der Waals surface area contributed by atoms with E-state index in [1.54, 1.807) is 0 Å². The average Bonchev–Trinajstić information content (AvgIpc) is 2.47. The van der Waals surface area contributed by atoms with Gasteiger partial charge in [-0.2, -0.15) is 0 Å². The van der Waals surface area contributed by atoms with Crippen LogP contribution in [-0.4, -0.2) is 35.5 Å². The molecule has 1 unspecified atom stereocenters. The minimum Gasteiger partial charge on any atom is -0.313 e. The van der Waals surface area contributed by atoms with E-state index in [1.165, 1.54) is 25.0 Å². The Hall–Kier alpha value is -1.53. The molecule has 116 valence electrons. The van der Waals surface area contributed by atoms with E-state index >= 15 is 0 Å². The second-order valence-electron chi connectivity index (χ2n) is 5.50. The molecule has 0 radical (unpaired) electrons. The van der Waals surface area contributed by atoms with Gasteiger partial charge in [-0.15, -0.1) is 0 Å². The molecule has 6 heteroatoms. The van der Waals surface area contributed by atoms with Gasteiger partial charge in [-0.05, 0) is 38.1 Å². The maximum atomic E-state index is 13.4. The van der Waals surface area contributed by atoms with Crippen molar-refractivity contribution in [2.75, 3.05) is 19.6 Å². The second kappa shape index (κ2) is 7.47. The highest BCUT2D eigenvalue weighted by molar-refractivity contribution is 5.40. The summed E-state index contributed by atoms with van der Waals surface area (Å²) in [5.74, 6) is -0.428. The highest BCUT2D eigenvalue weighted by Gasteiger charge is 2.20. The summed E-state index contributed by atoms with van der Waals surface area (Å²) in [7, 11) is 0. The molecule has 0 spiro atoms. The lowest BCUT2D eigenvalue weighted by molar-refractivity contribution is -0.385. The first-order valence-electron chi connectivity index (χ1n) is 7.48. The van der Waals surface area contributed by atoms with Crippen LogP contribution in [0.3, 0.4) is 0 Å². The lowest BCUT2D eigenvalue weighted by Crippen LogP contribution is -2.43. The summed E-state index contributed by atoms with van der Waals surface area (Å²) >= 11 is 0. The predicted molar refractivity (Wildman–Crippen MR) is 79.6 cm³/mol. The molecule has 1 fully saturated rings. The largest absolute Gasteiger partial charge is 0.313 e. The van der Waals surface area contributed by atoms with E-state index in [-0.39, 0.29) is 5.69 Å². The first-order chi connectivity index (χ1) is 10.1. The van der Waals surface area contributed by atoms with E-state index in [9.17, 15) is 14.5 Å². The molecule has 1 aliphatic heterocycles.